The molecule has 1 aliphatic heterocycles. The van der Waals surface area contributed by atoms with Crippen LogP contribution in [-0.4, -0.2) is 50.8 Å². The zero-order valence-electron chi connectivity index (χ0n) is 9.59. The molecule has 1 N–H and O–H groups in total. The van der Waals surface area contributed by atoms with E-state index in [1.165, 1.54) is 32.4 Å². The summed E-state index contributed by atoms with van der Waals surface area (Å²) in [6, 6.07) is 0.570. The molecular weight excluding hydrogens is 176 g/mol. The summed E-state index contributed by atoms with van der Waals surface area (Å²) in [6.07, 6.45) is 4.11. The predicted octanol–water partition coefficient (Wildman–Crippen LogP) is 1.10. The lowest BCUT2D eigenvalue weighted by atomic mass is 10.1. The number of piperidine rings is 1. The van der Waals surface area contributed by atoms with E-state index in [0.29, 0.717) is 6.04 Å². The van der Waals surface area contributed by atoms with Gasteiger partial charge in [0.1, 0.15) is 0 Å². The van der Waals surface area contributed by atoms with E-state index >= 15 is 0 Å². The third kappa shape index (κ3) is 3.95. The monoisotopic (exact) mass is 200 g/mol. The van der Waals surface area contributed by atoms with Crippen molar-refractivity contribution in [3.63, 3.8) is 0 Å². The molecule has 84 valence electrons. The lowest BCUT2D eigenvalue weighted by Gasteiger charge is -2.34. The van der Waals surface area contributed by atoms with E-state index in [0.717, 1.165) is 19.7 Å². The van der Waals surface area contributed by atoms with E-state index in [4.69, 9.17) is 4.74 Å². The Bertz CT molecular complexity index is 135. The molecule has 0 amide bonds. The van der Waals surface area contributed by atoms with E-state index < -0.39 is 0 Å². The lowest BCUT2D eigenvalue weighted by Crippen LogP contribution is -2.47. The van der Waals surface area contributed by atoms with E-state index in [2.05, 4.69) is 17.1 Å². The Hall–Kier alpha value is -0.120. The molecule has 1 rings (SSSR count). The number of ether oxygens (including phenoxy) is 1. The highest BCUT2D eigenvalue weighted by molar-refractivity contribution is 4.76. The summed E-state index contributed by atoms with van der Waals surface area (Å²) in [6.45, 7) is 7.62. The first-order chi connectivity index (χ1) is 6.88. The minimum Gasteiger partial charge on any atom is -0.383 e. The van der Waals surface area contributed by atoms with Crippen LogP contribution in [0.4, 0.5) is 0 Å². The molecule has 0 radical (unpaired) electrons. The van der Waals surface area contributed by atoms with Crippen LogP contribution >= 0.6 is 0 Å². The normalized spacial score (nSPS) is 21.0. The molecule has 0 spiro atoms. The van der Waals surface area contributed by atoms with Crippen LogP contribution in [0, 0.1) is 0 Å². The fourth-order valence-corrected chi connectivity index (χ4v) is 2.08. The third-order valence-corrected chi connectivity index (χ3v) is 2.90. The molecule has 1 aliphatic rings. The summed E-state index contributed by atoms with van der Waals surface area (Å²) in [5, 5.41) is 3.41. The number of nitrogens with one attached hydrogen (secondary N) is 1. The van der Waals surface area contributed by atoms with E-state index in [9.17, 15) is 0 Å². The number of hydrogen-bond acceptors (Lipinski definition) is 3. The van der Waals surface area contributed by atoms with Crippen molar-refractivity contribution in [3.8, 4) is 0 Å². The highest BCUT2D eigenvalue weighted by Crippen LogP contribution is 2.12. The van der Waals surface area contributed by atoms with Crippen molar-refractivity contribution in [2.45, 2.75) is 32.2 Å². The number of likely N-dealkylation sites (N-methyl/N-ethyl adjacent to an activating group) is 1. The van der Waals surface area contributed by atoms with Crippen LogP contribution in [0.2, 0.25) is 0 Å². The van der Waals surface area contributed by atoms with Crippen molar-refractivity contribution in [2.24, 2.45) is 0 Å². The van der Waals surface area contributed by atoms with Gasteiger partial charge in [-0.3, -0.25) is 4.90 Å². The second-order valence-corrected chi connectivity index (χ2v) is 4.01. The van der Waals surface area contributed by atoms with Gasteiger partial charge in [0.25, 0.3) is 0 Å². The molecule has 0 aromatic heterocycles. The summed E-state index contributed by atoms with van der Waals surface area (Å²) in [5.41, 5.74) is 0. The van der Waals surface area contributed by atoms with Crippen LogP contribution in [-0.2, 0) is 4.74 Å². The Kier molecular flexibility index (Phi) is 6.15. The summed E-state index contributed by atoms with van der Waals surface area (Å²) < 4.78 is 5.27. The van der Waals surface area contributed by atoms with Gasteiger partial charge in [-0.2, -0.15) is 0 Å². The van der Waals surface area contributed by atoms with Crippen molar-refractivity contribution < 1.29 is 4.74 Å². The van der Waals surface area contributed by atoms with Gasteiger partial charge in [0.2, 0.25) is 0 Å². The molecule has 3 heteroatoms. The zero-order valence-corrected chi connectivity index (χ0v) is 9.59. The minimum atomic E-state index is 0.570. The molecular formula is C11H24N2O. The van der Waals surface area contributed by atoms with E-state index in [-0.39, 0.29) is 0 Å². The van der Waals surface area contributed by atoms with Gasteiger partial charge in [-0.15, -0.1) is 0 Å². The Morgan fingerprint density at radius 1 is 1.29 bits per heavy atom. The van der Waals surface area contributed by atoms with Crippen molar-refractivity contribution >= 4 is 0 Å². The third-order valence-electron chi connectivity index (χ3n) is 2.90. The summed E-state index contributed by atoms with van der Waals surface area (Å²) in [5.74, 6) is 0. The lowest BCUT2D eigenvalue weighted by molar-refractivity contribution is 0.0768. The second-order valence-electron chi connectivity index (χ2n) is 4.01. The van der Waals surface area contributed by atoms with Crippen LogP contribution in [0.5, 0.6) is 0 Å². The first-order valence-corrected chi connectivity index (χ1v) is 5.82. The molecule has 1 heterocycles. The van der Waals surface area contributed by atoms with Crippen molar-refractivity contribution in [2.75, 3.05) is 39.9 Å². The number of methoxy groups -OCH3 is 1. The molecule has 0 aromatic carbocycles. The van der Waals surface area contributed by atoms with Crippen LogP contribution in [0.1, 0.15) is 26.2 Å². The zero-order chi connectivity index (χ0) is 10.2. The van der Waals surface area contributed by atoms with Crippen LogP contribution in [0.15, 0.2) is 0 Å². The van der Waals surface area contributed by atoms with Gasteiger partial charge >= 0.3 is 0 Å². The maximum atomic E-state index is 5.27. The Labute approximate surface area is 87.8 Å². The molecule has 0 aromatic rings. The fraction of sp³-hybridized carbons (Fsp3) is 1.00. The summed E-state index contributed by atoms with van der Waals surface area (Å²) in [7, 11) is 1.79. The molecule has 0 bridgehead atoms. The Morgan fingerprint density at radius 3 is 2.57 bits per heavy atom. The summed E-state index contributed by atoms with van der Waals surface area (Å²) >= 11 is 0. The maximum Gasteiger partial charge on any atom is 0.0630 e. The predicted molar refractivity (Wildman–Crippen MR) is 59.6 cm³/mol. The number of nitrogens with zero attached hydrogens (tertiary/aromatic N) is 1. The second kappa shape index (κ2) is 7.21. The minimum absolute atomic E-state index is 0.570. The quantitative estimate of drug-likeness (QED) is 0.695. The van der Waals surface area contributed by atoms with Crippen LogP contribution in [0.3, 0.4) is 0 Å². The first kappa shape index (κ1) is 12.0. The molecule has 1 saturated heterocycles. The fourth-order valence-electron chi connectivity index (χ4n) is 2.08. The van der Waals surface area contributed by atoms with Gasteiger partial charge in [-0.1, -0.05) is 13.3 Å². The van der Waals surface area contributed by atoms with Crippen LogP contribution in [0.25, 0.3) is 0 Å². The standard InChI is InChI=1S/C11H24N2O/c1-3-12-9-11(10-14-2)13-7-5-4-6-8-13/h11-12H,3-10H2,1-2H3. The number of likely N-dealkylation sites (tertiary alicyclic amines) is 1. The topological polar surface area (TPSA) is 24.5 Å². The van der Waals surface area contributed by atoms with Gasteiger partial charge in [0, 0.05) is 19.7 Å². The molecule has 14 heavy (non-hydrogen) atoms. The van der Waals surface area contributed by atoms with Gasteiger partial charge in [0.15, 0.2) is 0 Å². The number of rotatable bonds is 6. The molecule has 0 saturated carbocycles. The molecule has 1 fully saturated rings. The largest absolute Gasteiger partial charge is 0.383 e. The highest BCUT2D eigenvalue weighted by atomic mass is 16.5. The van der Waals surface area contributed by atoms with Gasteiger partial charge in [0.05, 0.1) is 6.61 Å². The average molecular weight is 200 g/mol. The van der Waals surface area contributed by atoms with Crippen LogP contribution < -0.4 is 5.32 Å². The van der Waals surface area contributed by atoms with Gasteiger partial charge in [-0.05, 0) is 32.5 Å². The van der Waals surface area contributed by atoms with Crippen molar-refractivity contribution in [1.82, 2.24) is 10.2 Å². The molecule has 1 unspecified atom stereocenters. The van der Waals surface area contributed by atoms with Crippen molar-refractivity contribution in [3.05, 3.63) is 0 Å². The molecule has 1 atom stereocenters. The summed E-state index contributed by atoms with van der Waals surface area (Å²) in [4.78, 5) is 2.57. The maximum absolute atomic E-state index is 5.27. The number of hydrogen-bond donors (Lipinski definition) is 1. The molecule has 3 nitrogen and oxygen atoms in total. The average Bonchev–Trinajstić information content (AvgIpc) is 2.25. The van der Waals surface area contributed by atoms with Crippen molar-refractivity contribution in [1.29, 1.82) is 0 Å². The first-order valence-electron chi connectivity index (χ1n) is 5.82. The molecule has 0 aliphatic carbocycles. The van der Waals surface area contributed by atoms with Gasteiger partial charge in [-0.25, -0.2) is 0 Å². The Balaban J connectivity index is 2.30. The van der Waals surface area contributed by atoms with E-state index in [1.807, 2.05) is 0 Å². The van der Waals surface area contributed by atoms with Gasteiger partial charge < -0.3 is 10.1 Å². The Morgan fingerprint density at radius 2 is 2.00 bits per heavy atom. The smallest absolute Gasteiger partial charge is 0.0630 e. The van der Waals surface area contributed by atoms with E-state index in [1.54, 1.807) is 7.11 Å². The SMILES string of the molecule is CCNCC(COC)N1CCCCC1. The highest BCUT2D eigenvalue weighted by Gasteiger charge is 2.19.